The summed E-state index contributed by atoms with van der Waals surface area (Å²) in [5.74, 6) is -8.20. The van der Waals surface area contributed by atoms with Crippen LogP contribution < -0.4 is 11.0 Å². The molecule has 1 rings (SSSR count). The summed E-state index contributed by atoms with van der Waals surface area (Å²) in [4.78, 5) is 53.8. The highest BCUT2D eigenvalue weighted by atomic mass is 32.3. The number of amides is 2. The van der Waals surface area contributed by atoms with Crippen LogP contribution in [-0.2, 0) is 49.1 Å². The molecule has 1 saturated heterocycles. The Morgan fingerprint density at radius 2 is 1.23 bits per heavy atom. The van der Waals surface area contributed by atoms with Crippen LogP contribution in [0, 0.1) is 0 Å². The van der Waals surface area contributed by atoms with Gasteiger partial charge in [-0.1, -0.05) is 0 Å². The van der Waals surface area contributed by atoms with Crippen LogP contribution in [0.1, 0.15) is 6.42 Å². The standard InChI is InChI=1S/C8H10N2O14S2/c11-2-1-8(25(17,18)19,26(20,21)22)7(16)10-24-6(15)4(13)3(12)5(14)23-9-2/h3-4,12-13H,1H2,(H,9,11)(H,10,16)(H,17,18,19)(H,20,21,22). The molecule has 2 atom stereocenters. The van der Waals surface area contributed by atoms with E-state index in [1.165, 1.54) is 0 Å². The molecular formula is C8H10N2O14S2. The zero-order valence-corrected chi connectivity index (χ0v) is 13.7. The van der Waals surface area contributed by atoms with Crippen molar-refractivity contribution in [2.75, 3.05) is 0 Å². The van der Waals surface area contributed by atoms with Crippen molar-refractivity contribution in [2.24, 2.45) is 0 Å². The molecule has 0 bridgehead atoms. The van der Waals surface area contributed by atoms with Gasteiger partial charge in [0.05, 0.1) is 6.42 Å². The summed E-state index contributed by atoms with van der Waals surface area (Å²) in [5, 5.41) is 18.5. The lowest BCUT2D eigenvalue weighted by molar-refractivity contribution is -0.184. The Morgan fingerprint density at radius 3 is 1.62 bits per heavy atom. The average Bonchev–Trinajstić information content (AvgIpc) is 2.50. The SMILES string of the molecule is O=C1CC(S(=O)(=O)O)(S(=O)(=O)O)C(=O)NOC(=O)C(O)C(O)C(=O)ON1. The van der Waals surface area contributed by atoms with E-state index in [0.29, 0.717) is 0 Å². The second kappa shape index (κ2) is 7.09. The van der Waals surface area contributed by atoms with Crippen molar-refractivity contribution in [1.82, 2.24) is 11.0 Å². The summed E-state index contributed by atoms with van der Waals surface area (Å²) >= 11 is 0. The van der Waals surface area contributed by atoms with Gasteiger partial charge in [0.2, 0.25) is 0 Å². The van der Waals surface area contributed by atoms with Crippen molar-refractivity contribution in [3.63, 3.8) is 0 Å². The van der Waals surface area contributed by atoms with E-state index in [1.54, 1.807) is 0 Å². The molecule has 0 spiro atoms. The molecule has 2 amide bonds. The summed E-state index contributed by atoms with van der Waals surface area (Å²) in [6, 6.07) is 0. The first-order valence-electron chi connectivity index (χ1n) is 5.96. The number of aliphatic hydroxyl groups excluding tert-OH is 2. The van der Waals surface area contributed by atoms with Gasteiger partial charge in [0.15, 0.2) is 12.2 Å². The summed E-state index contributed by atoms with van der Waals surface area (Å²) < 4.78 is 59.6. The van der Waals surface area contributed by atoms with E-state index in [1.807, 2.05) is 0 Å². The van der Waals surface area contributed by atoms with E-state index in [-0.39, 0.29) is 0 Å². The number of hydroxylamine groups is 2. The van der Waals surface area contributed by atoms with Gasteiger partial charge in [0.25, 0.3) is 32.1 Å². The Morgan fingerprint density at radius 1 is 0.846 bits per heavy atom. The van der Waals surface area contributed by atoms with Crippen LogP contribution in [0.25, 0.3) is 0 Å². The zero-order chi connectivity index (χ0) is 20.5. The van der Waals surface area contributed by atoms with Gasteiger partial charge in [-0.25, -0.2) is 9.59 Å². The van der Waals surface area contributed by atoms with Gasteiger partial charge < -0.3 is 19.9 Å². The minimum Gasteiger partial charge on any atom is -0.379 e. The predicted molar refractivity (Wildman–Crippen MR) is 70.9 cm³/mol. The Balaban J connectivity index is 3.51. The topological polar surface area (TPSA) is 260 Å². The lowest BCUT2D eigenvalue weighted by Gasteiger charge is -2.26. The molecule has 1 heterocycles. The van der Waals surface area contributed by atoms with Gasteiger partial charge in [0.1, 0.15) is 0 Å². The third-order valence-corrected chi connectivity index (χ3v) is 6.45. The number of hydrogen-bond donors (Lipinski definition) is 6. The maximum atomic E-state index is 11.9. The lowest BCUT2D eigenvalue weighted by atomic mass is 10.2. The maximum Gasteiger partial charge on any atom is 0.363 e. The smallest absolute Gasteiger partial charge is 0.363 e. The van der Waals surface area contributed by atoms with E-state index in [0.717, 1.165) is 11.0 Å². The van der Waals surface area contributed by atoms with Crippen LogP contribution in [0.2, 0.25) is 0 Å². The van der Waals surface area contributed by atoms with Gasteiger partial charge in [-0.2, -0.15) is 27.8 Å². The van der Waals surface area contributed by atoms with Gasteiger partial charge in [0, 0.05) is 0 Å². The molecule has 1 aliphatic rings. The van der Waals surface area contributed by atoms with Crippen molar-refractivity contribution < 1.29 is 65.0 Å². The van der Waals surface area contributed by atoms with Crippen LogP contribution in [0.5, 0.6) is 0 Å². The molecule has 26 heavy (non-hydrogen) atoms. The number of hydrogen-bond acceptors (Lipinski definition) is 12. The first-order chi connectivity index (χ1) is 11.6. The molecule has 0 aromatic heterocycles. The quantitative estimate of drug-likeness (QED) is 0.227. The molecule has 0 saturated carbocycles. The molecule has 1 aliphatic heterocycles. The number of carbonyl (C=O) groups excluding carboxylic acids is 4. The molecule has 2 unspecified atom stereocenters. The molecule has 148 valence electrons. The molecule has 18 heteroatoms. The van der Waals surface area contributed by atoms with E-state index in [9.17, 15) is 46.2 Å². The fraction of sp³-hybridized carbons (Fsp3) is 0.500. The maximum absolute atomic E-state index is 11.9. The molecule has 0 aromatic carbocycles. The highest BCUT2D eigenvalue weighted by Gasteiger charge is 2.63. The Labute approximate surface area is 143 Å². The normalized spacial score (nSPS) is 25.7. The number of rotatable bonds is 2. The van der Waals surface area contributed by atoms with E-state index in [4.69, 9.17) is 9.11 Å². The molecule has 0 aromatic rings. The fourth-order valence-electron chi connectivity index (χ4n) is 1.54. The van der Waals surface area contributed by atoms with Crippen LogP contribution in [0.3, 0.4) is 0 Å². The minimum absolute atomic E-state index is 0.871. The van der Waals surface area contributed by atoms with Crippen LogP contribution in [-0.4, -0.2) is 76.2 Å². The van der Waals surface area contributed by atoms with Crippen molar-refractivity contribution in [3.05, 3.63) is 0 Å². The summed E-state index contributed by atoms with van der Waals surface area (Å²) in [7, 11) is -12.3. The first kappa shape index (κ1) is 21.7. The fourth-order valence-corrected chi connectivity index (χ4v) is 3.78. The lowest BCUT2D eigenvalue weighted by Crippen LogP contribution is -2.60. The Hall–Kier alpha value is -2.38. The van der Waals surface area contributed by atoms with Crippen molar-refractivity contribution in [3.8, 4) is 0 Å². The largest absolute Gasteiger partial charge is 0.379 e. The van der Waals surface area contributed by atoms with E-state index >= 15 is 0 Å². The minimum atomic E-state index is -6.13. The summed E-state index contributed by atoms with van der Waals surface area (Å²) in [5.41, 5.74) is 1.96. The third-order valence-electron chi connectivity index (χ3n) is 2.86. The molecule has 0 aliphatic carbocycles. The molecule has 0 radical (unpaired) electrons. The molecular weight excluding hydrogens is 412 g/mol. The third kappa shape index (κ3) is 3.89. The number of aliphatic hydroxyl groups is 2. The molecule has 16 nitrogen and oxygen atoms in total. The summed E-state index contributed by atoms with van der Waals surface area (Å²) in [6.45, 7) is 0. The van der Waals surface area contributed by atoms with Gasteiger partial charge in [-0.15, -0.1) is 0 Å². The monoisotopic (exact) mass is 422 g/mol. The van der Waals surface area contributed by atoms with Crippen LogP contribution in [0.15, 0.2) is 0 Å². The Kier molecular flexibility index (Phi) is 5.91. The summed E-state index contributed by atoms with van der Waals surface area (Å²) in [6.07, 6.45) is -7.43. The predicted octanol–water partition coefficient (Wildman–Crippen LogP) is -5.27. The van der Waals surface area contributed by atoms with Crippen molar-refractivity contribution >= 4 is 44.0 Å². The van der Waals surface area contributed by atoms with Gasteiger partial charge in [-0.05, 0) is 0 Å². The van der Waals surface area contributed by atoms with Crippen molar-refractivity contribution in [1.29, 1.82) is 0 Å². The van der Waals surface area contributed by atoms with Gasteiger partial charge in [-0.3, -0.25) is 18.7 Å². The number of nitrogens with one attached hydrogen (secondary N) is 2. The first-order valence-corrected chi connectivity index (χ1v) is 8.84. The highest BCUT2D eigenvalue weighted by Crippen LogP contribution is 2.28. The molecule has 1 fully saturated rings. The Bertz CT molecular complexity index is 812. The number of carbonyl (C=O) groups is 4. The highest BCUT2D eigenvalue weighted by molar-refractivity contribution is 8.06. The van der Waals surface area contributed by atoms with Crippen molar-refractivity contribution in [2.45, 2.75) is 22.7 Å². The van der Waals surface area contributed by atoms with Crippen LogP contribution >= 0.6 is 0 Å². The van der Waals surface area contributed by atoms with Crippen LogP contribution in [0.4, 0.5) is 0 Å². The zero-order valence-electron chi connectivity index (χ0n) is 12.0. The second-order valence-electron chi connectivity index (χ2n) is 4.57. The molecule has 6 N–H and O–H groups in total. The van der Waals surface area contributed by atoms with E-state index < -0.39 is 66.7 Å². The second-order valence-corrected chi connectivity index (χ2v) is 8.12. The van der Waals surface area contributed by atoms with Gasteiger partial charge >= 0.3 is 16.0 Å². The van der Waals surface area contributed by atoms with E-state index in [2.05, 4.69) is 9.68 Å². The average molecular weight is 422 g/mol.